The molecular formula is C6H13NO3. The lowest BCUT2D eigenvalue weighted by Gasteiger charge is -2.08. The largest absolute Gasteiger partial charge is 0.393 e. The summed E-state index contributed by atoms with van der Waals surface area (Å²) in [6.45, 7) is 1.33. The molecule has 0 heterocycles. The number of nitrogens with two attached hydrogens (primary N) is 1. The van der Waals surface area contributed by atoms with Gasteiger partial charge in [-0.05, 0) is 6.92 Å². The number of carbonyl (C=O) groups is 1. The standard InChI is InChI=1S/C6H13NO3/c1-4(8)2-5(9)6(10)3-7/h4-5,8-9H,2-3,7H2,1H3. The second-order valence-electron chi connectivity index (χ2n) is 2.27. The molecule has 4 nitrogen and oxygen atoms in total. The third-order valence-electron chi connectivity index (χ3n) is 1.14. The number of aliphatic hydroxyl groups is 2. The quantitative estimate of drug-likeness (QED) is 0.459. The van der Waals surface area contributed by atoms with Crippen molar-refractivity contribution in [2.45, 2.75) is 25.6 Å². The molecule has 60 valence electrons. The average molecular weight is 147 g/mol. The Labute approximate surface area is 59.7 Å². The highest BCUT2D eigenvalue weighted by Crippen LogP contribution is 1.97. The minimum absolute atomic E-state index is 0.0655. The van der Waals surface area contributed by atoms with E-state index >= 15 is 0 Å². The lowest BCUT2D eigenvalue weighted by atomic mass is 10.1. The van der Waals surface area contributed by atoms with Crippen molar-refractivity contribution in [3.8, 4) is 0 Å². The van der Waals surface area contributed by atoms with Crippen LogP contribution < -0.4 is 5.73 Å². The molecule has 0 bridgehead atoms. The fourth-order valence-corrected chi connectivity index (χ4v) is 0.591. The predicted molar refractivity (Wildman–Crippen MR) is 36.4 cm³/mol. The molecule has 0 saturated heterocycles. The van der Waals surface area contributed by atoms with Crippen LogP contribution in [0, 0.1) is 0 Å². The van der Waals surface area contributed by atoms with Crippen molar-refractivity contribution in [1.82, 2.24) is 0 Å². The predicted octanol–water partition coefficient (Wildman–Crippen LogP) is -1.35. The minimum atomic E-state index is -1.11. The van der Waals surface area contributed by atoms with E-state index in [0.717, 1.165) is 0 Å². The Morgan fingerprint density at radius 2 is 2.10 bits per heavy atom. The van der Waals surface area contributed by atoms with E-state index < -0.39 is 18.0 Å². The number of Topliss-reactive ketones (excluding diaryl/α,β-unsaturated/α-hetero) is 1. The van der Waals surface area contributed by atoms with Crippen molar-refractivity contribution in [3.05, 3.63) is 0 Å². The molecule has 0 amide bonds. The molecule has 4 N–H and O–H groups in total. The van der Waals surface area contributed by atoms with Gasteiger partial charge in [0.25, 0.3) is 0 Å². The van der Waals surface area contributed by atoms with Crippen LogP contribution >= 0.6 is 0 Å². The van der Waals surface area contributed by atoms with Gasteiger partial charge in [0.05, 0.1) is 12.6 Å². The van der Waals surface area contributed by atoms with Gasteiger partial charge in [-0.3, -0.25) is 4.79 Å². The fourth-order valence-electron chi connectivity index (χ4n) is 0.591. The van der Waals surface area contributed by atoms with E-state index in [1.807, 2.05) is 0 Å². The molecule has 0 rings (SSSR count). The van der Waals surface area contributed by atoms with Crippen LogP contribution in [0.3, 0.4) is 0 Å². The van der Waals surface area contributed by atoms with E-state index in [1.54, 1.807) is 0 Å². The Morgan fingerprint density at radius 3 is 2.40 bits per heavy atom. The van der Waals surface area contributed by atoms with Crippen molar-refractivity contribution in [3.63, 3.8) is 0 Å². The Hall–Kier alpha value is -0.450. The Bertz CT molecular complexity index is 114. The van der Waals surface area contributed by atoms with Crippen LogP contribution in [-0.4, -0.2) is 34.7 Å². The molecule has 10 heavy (non-hydrogen) atoms. The lowest BCUT2D eigenvalue weighted by molar-refractivity contribution is -0.127. The van der Waals surface area contributed by atoms with Crippen molar-refractivity contribution in [1.29, 1.82) is 0 Å². The van der Waals surface area contributed by atoms with Crippen molar-refractivity contribution in [2.75, 3.05) is 6.54 Å². The van der Waals surface area contributed by atoms with Gasteiger partial charge in [0.2, 0.25) is 0 Å². The third kappa shape index (κ3) is 3.55. The molecule has 0 aromatic carbocycles. The Balaban J connectivity index is 3.61. The van der Waals surface area contributed by atoms with Gasteiger partial charge in [0, 0.05) is 6.42 Å². The maximum atomic E-state index is 10.6. The normalized spacial score (nSPS) is 16.4. The van der Waals surface area contributed by atoms with Gasteiger partial charge in [-0.2, -0.15) is 0 Å². The molecule has 0 fully saturated rings. The van der Waals surface area contributed by atoms with Gasteiger partial charge in [-0.15, -0.1) is 0 Å². The molecule has 0 spiro atoms. The number of aliphatic hydroxyl groups excluding tert-OH is 2. The SMILES string of the molecule is CC(O)CC(O)C(=O)CN. The second-order valence-corrected chi connectivity index (χ2v) is 2.27. The smallest absolute Gasteiger partial charge is 0.174 e. The first-order valence-corrected chi connectivity index (χ1v) is 3.16. The number of hydrogen-bond acceptors (Lipinski definition) is 4. The second kappa shape index (κ2) is 4.38. The molecule has 0 aliphatic carbocycles. The Kier molecular flexibility index (Phi) is 4.18. The third-order valence-corrected chi connectivity index (χ3v) is 1.14. The summed E-state index contributed by atoms with van der Waals surface area (Å²) in [5, 5.41) is 17.6. The van der Waals surface area contributed by atoms with E-state index in [1.165, 1.54) is 6.92 Å². The summed E-state index contributed by atoms with van der Waals surface area (Å²) in [5.74, 6) is -0.430. The van der Waals surface area contributed by atoms with E-state index in [-0.39, 0.29) is 13.0 Å². The summed E-state index contributed by atoms with van der Waals surface area (Å²) in [6.07, 6.45) is -1.70. The summed E-state index contributed by atoms with van der Waals surface area (Å²) < 4.78 is 0. The van der Waals surface area contributed by atoms with E-state index in [9.17, 15) is 4.79 Å². The fraction of sp³-hybridized carbons (Fsp3) is 0.833. The summed E-state index contributed by atoms with van der Waals surface area (Å²) in [5.41, 5.74) is 4.96. The van der Waals surface area contributed by atoms with Gasteiger partial charge in [-0.25, -0.2) is 0 Å². The first-order chi connectivity index (χ1) is 4.57. The molecule has 0 aromatic rings. The van der Waals surface area contributed by atoms with E-state index in [0.29, 0.717) is 0 Å². The molecule has 0 aliphatic rings. The van der Waals surface area contributed by atoms with Gasteiger partial charge in [0.1, 0.15) is 6.10 Å². The maximum Gasteiger partial charge on any atom is 0.174 e. The molecule has 0 saturated carbocycles. The minimum Gasteiger partial charge on any atom is -0.393 e. The zero-order valence-electron chi connectivity index (χ0n) is 5.95. The molecule has 0 aliphatic heterocycles. The van der Waals surface area contributed by atoms with E-state index in [2.05, 4.69) is 0 Å². The highest BCUT2D eigenvalue weighted by atomic mass is 16.3. The monoisotopic (exact) mass is 147 g/mol. The van der Waals surface area contributed by atoms with Crippen LogP contribution in [0.5, 0.6) is 0 Å². The summed E-state index contributed by atoms with van der Waals surface area (Å²) in [7, 11) is 0. The number of rotatable bonds is 4. The lowest BCUT2D eigenvalue weighted by Crippen LogP contribution is -2.30. The molecule has 2 atom stereocenters. The van der Waals surface area contributed by atoms with Crippen LogP contribution in [0.25, 0.3) is 0 Å². The molecular weight excluding hydrogens is 134 g/mol. The van der Waals surface area contributed by atoms with Crippen LogP contribution in [-0.2, 0) is 4.79 Å². The maximum absolute atomic E-state index is 10.6. The van der Waals surface area contributed by atoms with Crippen molar-refractivity contribution < 1.29 is 15.0 Å². The van der Waals surface area contributed by atoms with Crippen LogP contribution in [0.15, 0.2) is 0 Å². The van der Waals surface area contributed by atoms with Crippen LogP contribution in [0.1, 0.15) is 13.3 Å². The number of ketones is 1. The first kappa shape index (κ1) is 9.55. The van der Waals surface area contributed by atoms with Gasteiger partial charge in [-0.1, -0.05) is 0 Å². The highest BCUT2D eigenvalue weighted by molar-refractivity contribution is 5.84. The van der Waals surface area contributed by atoms with Crippen molar-refractivity contribution in [2.24, 2.45) is 5.73 Å². The van der Waals surface area contributed by atoms with Crippen LogP contribution in [0.4, 0.5) is 0 Å². The Morgan fingerprint density at radius 1 is 1.60 bits per heavy atom. The topological polar surface area (TPSA) is 83.5 Å². The van der Waals surface area contributed by atoms with E-state index in [4.69, 9.17) is 15.9 Å². The summed E-state index contributed by atoms with van der Waals surface area (Å²) in [4.78, 5) is 10.6. The van der Waals surface area contributed by atoms with Gasteiger partial charge in [0.15, 0.2) is 5.78 Å². The first-order valence-electron chi connectivity index (χ1n) is 3.16. The zero-order valence-corrected chi connectivity index (χ0v) is 5.95. The summed E-state index contributed by atoms with van der Waals surface area (Å²) in [6, 6.07) is 0. The van der Waals surface area contributed by atoms with Gasteiger partial charge < -0.3 is 15.9 Å². The average Bonchev–Trinajstić information content (AvgIpc) is 1.85. The number of hydrogen-bond donors (Lipinski definition) is 3. The molecule has 2 unspecified atom stereocenters. The van der Waals surface area contributed by atoms with Gasteiger partial charge >= 0.3 is 0 Å². The molecule has 0 aromatic heterocycles. The molecule has 0 radical (unpaired) electrons. The number of carbonyl (C=O) groups excluding carboxylic acids is 1. The molecule has 4 heteroatoms. The van der Waals surface area contributed by atoms with Crippen molar-refractivity contribution >= 4 is 5.78 Å². The van der Waals surface area contributed by atoms with Crippen LogP contribution in [0.2, 0.25) is 0 Å². The summed E-state index contributed by atoms with van der Waals surface area (Å²) >= 11 is 0. The zero-order chi connectivity index (χ0) is 8.15. The highest BCUT2D eigenvalue weighted by Gasteiger charge is 2.14.